The fourth-order valence-electron chi connectivity index (χ4n) is 2.21. The third kappa shape index (κ3) is 1.91. The van der Waals surface area contributed by atoms with E-state index in [0.29, 0.717) is 21.5 Å². The standard InChI is InChI=1S/C15H10FN3S/c1-9-2-4-11(16)13(6-9)19-14-7-10(8-17)3-5-12(14)18-15(19)20/h2-7H,1H3,(H,18,20). The Bertz CT molecular complexity index is 915. The van der Waals surface area contributed by atoms with Gasteiger partial charge in [-0.2, -0.15) is 5.26 Å². The van der Waals surface area contributed by atoms with Gasteiger partial charge in [-0.15, -0.1) is 0 Å². The Morgan fingerprint density at radius 2 is 2.05 bits per heavy atom. The van der Waals surface area contributed by atoms with E-state index in [1.165, 1.54) is 6.07 Å². The van der Waals surface area contributed by atoms with Crippen molar-refractivity contribution < 1.29 is 4.39 Å². The molecule has 0 unspecified atom stereocenters. The number of aryl methyl sites for hydroxylation is 1. The van der Waals surface area contributed by atoms with Crippen molar-refractivity contribution in [3.05, 3.63) is 58.1 Å². The highest BCUT2D eigenvalue weighted by Gasteiger charge is 2.11. The number of rotatable bonds is 1. The second-order valence-electron chi connectivity index (χ2n) is 4.56. The number of halogens is 1. The van der Waals surface area contributed by atoms with Crippen LogP contribution in [0.25, 0.3) is 16.7 Å². The van der Waals surface area contributed by atoms with E-state index >= 15 is 0 Å². The predicted molar refractivity (Wildman–Crippen MR) is 77.9 cm³/mol. The van der Waals surface area contributed by atoms with Gasteiger partial charge in [-0.25, -0.2) is 4.39 Å². The summed E-state index contributed by atoms with van der Waals surface area (Å²) in [6.45, 7) is 1.89. The number of benzene rings is 2. The lowest BCUT2D eigenvalue weighted by atomic mass is 10.2. The summed E-state index contributed by atoms with van der Waals surface area (Å²) in [7, 11) is 0. The average Bonchev–Trinajstić information content (AvgIpc) is 2.76. The minimum absolute atomic E-state index is 0.352. The molecule has 3 rings (SSSR count). The van der Waals surface area contributed by atoms with Gasteiger partial charge in [0.25, 0.3) is 0 Å². The molecule has 20 heavy (non-hydrogen) atoms. The maximum absolute atomic E-state index is 14.1. The summed E-state index contributed by atoms with van der Waals surface area (Å²) in [5.41, 5.74) is 3.30. The lowest BCUT2D eigenvalue weighted by Gasteiger charge is -2.07. The number of nitrogens with one attached hydrogen (secondary N) is 1. The SMILES string of the molecule is Cc1ccc(F)c(-n2c(=S)[nH]c3ccc(C#N)cc32)c1. The smallest absolute Gasteiger partial charge is 0.182 e. The summed E-state index contributed by atoms with van der Waals surface area (Å²) in [6, 6.07) is 12.1. The predicted octanol–water partition coefficient (Wildman–Crippen LogP) is 4.01. The van der Waals surface area contributed by atoms with Crippen LogP contribution in [0.2, 0.25) is 0 Å². The molecule has 0 amide bonds. The first-order chi connectivity index (χ1) is 9.60. The topological polar surface area (TPSA) is 44.5 Å². The van der Waals surface area contributed by atoms with E-state index in [0.717, 1.165) is 11.1 Å². The Morgan fingerprint density at radius 3 is 2.80 bits per heavy atom. The first kappa shape index (κ1) is 12.6. The molecule has 1 N–H and O–H groups in total. The number of aromatic nitrogens is 2. The van der Waals surface area contributed by atoms with E-state index in [9.17, 15) is 4.39 Å². The van der Waals surface area contributed by atoms with Crippen molar-refractivity contribution in [2.75, 3.05) is 0 Å². The summed E-state index contributed by atoms with van der Waals surface area (Å²) >= 11 is 5.28. The molecule has 98 valence electrons. The molecule has 5 heteroatoms. The molecule has 0 saturated heterocycles. The Labute approximate surface area is 119 Å². The molecule has 0 aliphatic carbocycles. The van der Waals surface area contributed by atoms with Crippen molar-refractivity contribution in [3.8, 4) is 11.8 Å². The van der Waals surface area contributed by atoms with Gasteiger partial charge < -0.3 is 4.98 Å². The number of fused-ring (bicyclic) bond motifs is 1. The third-order valence-corrected chi connectivity index (χ3v) is 3.44. The summed E-state index contributed by atoms with van der Waals surface area (Å²) in [5.74, 6) is -0.352. The van der Waals surface area contributed by atoms with Gasteiger partial charge in [0.15, 0.2) is 4.77 Å². The molecule has 0 saturated carbocycles. The van der Waals surface area contributed by atoms with Crippen LogP contribution in [0.1, 0.15) is 11.1 Å². The molecule has 3 nitrogen and oxygen atoms in total. The molecule has 1 aromatic heterocycles. The lowest BCUT2D eigenvalue weighted by molar-refractivity contribution is 0.618. The lowest BCUT2D eigenvalue weighted by Crippen LogP contribution is -1.98. The van der Waals surface area contributed by atoms with Gasteiger partial charge in [-0.1, -0.05) is 6.07 Å². The molecule has 0 atom stereocenters. The largest absolute Gasteiger partial charge is 0.330 e. The molecular weight excluding hydrogens is 273 g/mol. The number of aromatic amines is 1. The normalized spacial score (nSPS) is 10.7. The number of nitrogens with zero attached hydrogens (tertiary/aromatic N) is 2. The highest BCUT2D eigenvalue weighted by atomic mass is 32.1. The van der Waals surface area contributed by atoms with Crippen LogP contribution in [0.15, 0.2) is 36.4 Å². The summed E-state index contributed by atoms with van der Waals surface area (Å²) in [6.07, 6.45) is 0. The van der Waals surface area contributed by atoms with Gasteiger partial charge in [0.05, 0.1) is 28.4 Å². The van der Waals surface area contributed by atoms with Crippen molar-refractivity contribution in [2.24, 2.45) is 0 Å². The van der Waals surface area contributed by atoms with Crippen molar-refractivity contribution in [1.29, 1.82) is 5.26 Å². The van der Waals surface area contributed by atoms with Crippen LogP contribution in [0.5, 0.6) is 0 Å². The van der Waals surface area contributed by atoms with Crippen LogP contribution in [0.3, 0.4) is 0 Å². The zero-order chi connectivity index (χ0) is 14.3. The van der Waals surface area contributed by atoms with E-state index < -0.39 is 0 Å². The Morgan fingerprint density at radius 1 is 1.25 bits per heavy atom. The van der Waals surface area contributed by atoms with Gasteiger partial charge in [0.2, 0.25) is 0 Å². The molecule has 3 aromatic rings. The zero-order valence-corrected chi connectivity index (χ0v) is 11.5. The quantitative estimate of drug-likeness (QED) is 0.686. The minimum atomic E-state index is -0.352. The molecule has 0 aliphatic heterocycles. The highest BCUT2D eigenvalue weighted by molar-refractivity contribution is 7.71. The maximum atomic E-state index is 14.1. The van der Waals surface area contributed by atoms with Crippen LogP contribution >= 0.6 is 12.2 Å². The summed E-state index contributed by atoms with van der Waals surface area (Å²) in [4.78, 5) is 3.03. The number of hydrogen-bond donors (Lipinski definition) is 1. The fourth-order valence-corrected chi connectivity index (χ4v) is 2.51. The van der Waals surface area contributed by atoms with Crippen molar-refractivity contribution in [2.45, 2.75) is 6.92 Å². The second kappa shape index (κ2) is 4.58. The van der Waals surface area contributed by atoms with E-state index in [1.807, 2.05) is 6.92 Å². The van der Waals surface area contributed by atoms with Gasteiger partial charge in [0, 0.05) is 0 Å². The maximum Gasteiger partial charge on any atom is 0.182 e. The van der Waals surface area contributed by atoms with E-state index in [2.05, 4.69) is 11.1 Å². The van der Waals surface area contributed by atoms with Gasteiger partial charge in [-0.05, 0) is 55.0 Å². The van der Waals surface area contributed by atoms with Crippen LogP contribution in [0, 0.1) is 28.8 Å². The monoisotopic (exact) mass is 283 g/mol. The zero-order valence-electron chi connectivity index (χ0n) is 10.6. The Balaban J connectivity index is 2.41. The number of hydrogen-bond acceptors (Lipinski definition) is 2. The van der Waals surface area contributed by atoms with E-state index in [1.54, 1.807) is 34.9 Å². The highest BCUT2D eigenvalue weighted by Crippen LogP contribution is 2.23. The van der Waals surface area contributed by atoms with Crippen molar-refractivity contribution >= 4 is 23.3 Å². The van der Waals surface area contributed by atoms with Gasteiger partial charge in [-0.3, -0.25) is 4.57 Å². The number of imidazole rings is 1. The molecule has 0 radical (unpaired) electrons. The Kier molecular flexibility index (Phi) is 2.88. The minimum Gasteiger partial charge on any atom is -0.330 e. The van der Waals surface area contributed by atoms with E-state index in [-0.39, 0.29) is 5.82 Å². The molecule has 1 heterocycles. The molecule has 0 spiro atoms. The van der Waals surface area contributed by atoms with Crippen LogP contribution in [-0.4, -0.2) is 9.55 Å². The van der Waals surface area contributed by atoms with Crippen molar-refractivity contribution in [1.82, 2.24) is 9.55 Å². The van der Waals surface area contributed by atoms with Crippen LogP contribution in [-0.2, 0) is 0 Å². The number of H-pyrrole nitrogens is 1. The summed E-state index contributed by atoms with van der Waals surface area (Å²) < 4.78 is 16.1. The van der Waals surface area contributed by atoms with Crippen LogP contribution in [0.4, 0.5) is 4.39 Å². The molecular formula is C15H10FN3S. The average molecular weight is 283 g/mol. The first-order valence-electron chi connectivity index (χ1n) is 6.01. The van der Waals surface area contributed by atoms with Gasteiger partial charge in [0.1, 0.15) is 5.82 Å². The third-order valence-electron chi connectivity index (χ3n) is 3.15. The fraction of sp³-hybridized carbons (Fsp3) is 0.0667. The van der Waals surface area contributed by atoms with Crippen molar-refractivity contribution in [3.63, 3.8) is 0 Å². The first-order valence-corrected chi connectivity index (χ1v) is 6.42. The van der Waals surface area contributed by atoms with Gasteiger partial charge >= 0.3 is 0 Å². The molecule has 2 aromatic carbocycles. The molecule has 0 fully saturated rings. The molecule has 0 bridgehead atoms. The Hall–Kier alpha value is -2.45. The molecule has 0 aliphatic rings. The number of nitriles is 1. The van der Waals surface area contributed by atoms with Crippen LogP contribution < -0.4 is 0 Å². The van der Waals surface area contributed by atoms with E-state index in [4.69, 9.17) is 17.5 Å². The second-order valence-corrected chi connectivity index (χ2v) is 4.95. The summed E-state index contributed by atoms with van der Waals surface area (Å²) in [5, 5.41) is 8.99.